The standard InChI is InChI=1S/C28H21F3N6O2/c29-28(30,31)22-14-21(9-5-19(22)15-32)35-27(39)34-20-7-3-17(4-8-20)26(38)18-6-10-23-24(13-18)36-25(16-33-23)37-11-1-2-12-37/h3-10,13-14,16H,1-2,11-12H2,(H2,34,35,39). The van der Waals surface area contributed by atoms with Gasteiger partial charge >= 0.3 is 12.2 Å². The van der Waals surface area contributed by atoms with Crippen molar-refractivity contribution in [2.24, 2.45) is 0 Å². The Balaban J connectivity index is 1.27. The monoisotopic (exact) mass is 530 g/mol. The number of nitrogens with zero attached hydrogens (tertiary/aromatic N) is 4. The van der Waals surface area contributed by atoms with Crippen molar-refractivity contribution in [1.29, 1.82) is 5.26 Å². The van der Waals surface area contributed by atoms with E-state index in [1.165, 1.54) is 36.4 Å². The van der Waals surface area contributed by atoms with Crippen LogP contribution in [0.25, 0.3) is 11.0 Å². The number of fused-ring (bicyclic) bond motifs is 1. The molecule has 2 N–H and O–H groups in total. The number of ketones is 1. The molecule has 0 spiro atoms. The van der Waals surface area contributed by atoms with Crippen LogP contribution in [0.15, 0.2) is 66.9 Å². The van der Waals surface area contributed by atoms with Crippen molar-refractivity contribution < 1.29 is 22.8 Å². The molecule has 1 aromatic heterocycles. The van der Waals surface area contributed by atoms with Gasteiger partial charge in [-0.15, -0.1) is 0 Å². The molecule has 0 unspecified atom stereocenters. The first-order valence-electron chi connectivity index (χ1n) is 12.1. The molecule has 1 fully saturated rings. The number of benzene rings is 3. The summed E-state index contributed by atoms with van der Waals surface area (Å²) in [4.78, 5) is 36.7. The molecule has 4 aromatic rings. The Kier molecular flexibility index (Phi) is 6.85. The van der Waals surface area contributed by atoms with Gasteiger partial charge in [0.1, 0.15) is 5.82 Å². The van der Waals surface area contributed by atoms with E-state index in [2.05, 4.69) is 25.5 Å². The summed E-state index contributed by atoms with van der Waals surface area (Å²) in [5.74, 6) is 0.549. The van der Waals surface area contributed by atoms with Crippen LogP contribution in [0.2, 0.25) is 0 Å². The number of carbonyl (C=O) groups is 2. The van der Waals surface area contributed by atoms with Crippen LogP contribution in [-0.4, -0.2) is 34.9 Å². The van der Waals surface area contributed by atoms with E-state index in [9.17, 15) is 22.8 Å². The summed E-state index contributed by atoms with van der Waals surface area (Å²) in [5, 5.41) is 13.7. The summed E-state index contributed by atoms with van der Waals surface area (Å²) in [6, 6.07) is 14.8. The van der Waals surface area contributed by atoms with Crippen LogP contribution in [-0.2, 0) is 6.18 Å². The van der Waals surface area contributed by atoms with Gasteiger partial charge in [0.05, 0.1) is 34.4 Å². The molecule has 3 aromatic carbocycles. The molecule has 0 aliphatic carbocycles. The lowest BCUT2D eigenvalue weighted by molar-refractivity contribution is -0.137. The minimum Gasteiger partial charge on any atom is -0.355 e. The van der Waals surface area contributed by atoms with Gasteiger partial charge in [0.2, 0.25) is 0 Å². The van der Waals surface area contributed by atoms with Crippen LogP contribution in [0.1, 0.15) is 39.9 Å². The molecule has 196 valence electrons. The molecule has 0 radical (unpaired) electrons. The average molecular weight is 531 g/mol. The lowest BCUT2D eigenvalue weighted by Crippen LogP contribution is -2.20. The molecular weight excluding hydrogens is 509 g/mol. The third kappa shape index (κ3) is 5.65. The van der Waals surface area contributed by atoms with Gasteiger partial charge in [-0.2, -0.15) is 18.4 Å². The topological polar surface area (TPSA) is 111 Å². The smallest absolute Gasteiger partial charge is 0.355 e. The molecule has 0 bridgehead atoms. The number of hydrogen-bond acceptors (Lipinski definition) is 6. The first-order valence-corrected chi connectivity index (χ1v) is 12.1. The normalized spacial score (nSPS) is 13.2. The SMILES string of the molecule is N#Cc1ccc(NC(=O)Nc2ccc(C(=O)c3ccc4ncc(N5CCCC5)nc4c3)cc2)cc1C(F)(F)F. The summed E-state index contributed by atoms with van der Waals surface area (Å²) in [6.07, 6.45) is -0.776. The molecule has 2 amide bonds. The van der Waals surface area contributed by atoms with Gasteiger partial charge in [-0.25, -0.2) is 9.78 Å². The Morgan fingerprint density at radius 3 is 2.23 bits per heavy atom. The van der Waals surface area contributed by atoms with Crippen LogP contribution in [0.4, 0.5) is 35.2 Å². The van der Waals surface area contributed by atoms with Crippen molar-refractivity contribution in [1.82, 2.24) is 9.97 Å². The zero-order valence-electron chi connectivity index (χ0n) is 20.4. The zero-order valence-corrected chi connectivity index (χ0v) is 20.4. The Labute approximate surface area is 221 Å². The maximum atomic E-state index is 13.2. The fourth-order valence-corrected chi connectivity index (χ4v) is 4.36. The van der Waals surface area contributed by atoms with E-state index >= 15 is 0 Å². The Morgan fingerprint density at radius 1 is 0.872 bits per heavy atom. The van der Waals surface area contributed by atoms with Gasteiger partial charge in [0.15, 0.2) is 5.78 Å². The van der Waals surface area contributed by atoms with Crippen molar-refractivity contribution in [2.45, 2.75) is 19.0 Å². The summed E-state index contributed by atoms with van der Waals surface area (Å²) in [5.41, 5.74) is 0.644. The van der Waals surface area contributed by atoms with Crippen LogP contribution >= 0.6 is 0 Å². The molecule has 5 rings (SSSR count). The van der Waals surface area contributed by atoms with Gasteiger partial charge in [-0.3, -0.25) is 9.78 Å². The lowest BCUT2D eigenvalue weighted by Gasteiger charge is -2.16. The molecular formula is C28H21F3N6O2. The fourth-order valence-electron chi connectivity index (χ4n) is 4.36. The van der Waals surface area contributed by atoms with Crippen molar-refractivity contribution in [3.63, 3.8) is 0 Å². The van der Waals surface area contributed by atoms with Crippen LogP contribution in [0, 0.1) is 11.3 Å². The number of alkyl halides is 3. The lowest BCUT2D eigenvalue weighted by atomic mass is 10.0. The van der Waals surface area contributed by atoms with Gasteiger partial charge < -0.3 is 15.5 Å². The van der Waals surface area contributed by atoms with E-state index in [1.54, 1.807) is 24.4 Å². The molecule has 39 heavy (non-hydrogen) atoms. The maximum absolute atomic E-state index is 13.2. The number of anilines is 3. The maximum Gasteiger partial charge on any atom is 0.417 e. The third-order valence-corrected chi connectivity index (χ3v) is 6.33. The molecule has 0 saturated carbocycles. The van der Waals surface area contributed by atoms with E-state index in [1.807, 2.05) is 0 Å². The number of aromatic nitrogens is 2. The predicted molar refractivity (Wildman–Crippen MR) is 140 cm³/mol. The van der Waals surface area contributed by atoms with Crippen LogP contribution in [0.3, 0.4) is 0 Å². The highest BCUT2D eigenvalue weighted by atomic mass is 19.4. The second kappa shape index (κ2) is 10.4. The number of urea groups is 1. The number of carbonyl (C=O) groups excluding carboxylic acids is 2. The van der Waals surface area contributed by atoms with Crippen molar-refractivity contribution in [3.05, 3.63) is 89.1 Å². The zero-order chi connectivity index (χ0) is 27.6. The third-order valence-electron chi connectivity index (χ3n) is 6.33. The molecule has 1 aliphatic rings. The highest BCUT2D eigenvalue weighted by Gasteiger charge is 2.34. The molecule has 1 aliphatic heterocycles. The summed E-state index contributed by atoms with van der Waals surface area (Å²) in [6.45, 7) is 1.86. The molecule has 8 nitrogen and oxygen atoms in total. The Hall–Kier alpha value is -4.98. The number of nitriles is 1. The second-order valence-electron chi connectivity index (χ2n) is 8.98. The molecule has 11 heteroatoms. The summed E-state index contributed by atoms with van der Waals surface area (Å²) < 4.78 is 39.5. The van der Waals surface area contributed by atoms with E-state index in [0.29, 0.717) is 33.9 Å². The van der Waals surface area contributed by atoms with E-state index in [0.717, 1.165) is 37.8 Å². The van der Waals surface area contributed by atoms with Gasteiger partial charge in [0, 0.05) is 35.6 Å². The second-order valence-corrected chi connectivity index (χ2v) is 8.98. The minimum atomic E-state index is -4.74. The van der Waals surface area contributed by atoms with Crippen molar-refractivity contribution in [3.8, 4) is 6.07 Å². The predicted octanol–water partition coefficient (Wildman–Crippen LogP) is 6.00. The molecule has 2 heterocycles. The number of amides is 2. The molecule has 0 atom stereocenters. The summed E-state index contributed by atoms with van der Waals surface area (Å²) in [7, 11) is 0. The quantitative estimate of drug-likeness (QED) is 0.307. The first kappa shape index (κ1) is 25.7. The van der Waals surface area contributed by atoms with Gasteiger partial charge in [-0.05, 0) is 73.5 Å². The van der Waals surface area contributed by atoms with Gasteiger partial charge in [-0.1, -0.05) is 0 Å². The van der Waals surface area contributed by atoms with E-state index in [-0.39, 0.29) is 11.5 Å². The molecule has 1 saturated heterocycles. The minimum absolute atomic E-state index is 0.127. The number of hydrogen-bond donors (Lipinski definition) is 2. The fraction of sp³-hybridized carbons (Fsp3) is 0.179. The van der Waals surface area contributed by atoms with E-state index < -0.39 is 23.3 Å². The highest BCUT2D eigenvalue weighted by Crippen LogP contribution is 2.33. The van der Waals surface area contributed by atoms with Crippen molar-refractivity contribution >= 4 is 40.0 Å². The van der Waals surface area contributed by atoms with E-state index in [4.69, 9.17) is 5.26 Å². The van der Waals surface area contributed by atoms with Crippen molar-refractivity contribution in [2.75, 3.05) is 28.6 Å². The van der Waals surface area contributed by atoms with Crippen LogP contribution in [0.5, 0.6) is 0 Å². The Morgan fingerprint density at radius 2 is 1.54 bits per heavy atom. The number of halogens is 3. The number of rotatable bonds is 5. The summed E-state index contributed by atoms with van der Waals surface area (Å²) >= 11 is 0. The van der Waals surface area contributed by atoms with Crippen LogP contribution < -0.4 is 15.5 Å². The van der Waals surface area contributed by atoms with Gasteiger partial charge in [0.25, 0.3) is 0 Å². The first-order chi connectivity index (χ1) is 18.7. The number of nitrogens with one attached hydrogen (secondary N) is 2. The highest BCUT2D eigenvalue weighted by molar-refractivity contribution is 6.10. The average Bonchev–Trinajstić information content (AvgIpc) is 3.47. The Bertz CT molecular complexity index is 1610. The largest absolute Gasteiger partial charge is 0.417 e.